The number of hydrogen-bond donors (Lipinski definition) is 0. The molecule has 0 aliphatic heterocycles. The van der Waals surface area contributed by atoms with Crippen LogP contribution in [0.3, 0.4) is 0 Å². The van der Waals surface area contributed by atoms with Gasteiger partial charge in [0.05, 0.1) is 0 Å². The summed E-state index contributed by atoms with van der Waals surface area (Å²) in [5.41, 5.74) is 5.15. The van der Waals surface area contributed by atoms with Gasteiger partial charge in [0.1, 0.15) is 0 Å². The Kier molecular flexibility index (Phi) is 7.57. The van der Waals surface area contributed by atoms with Crippen molar-refractivity contribution in [3.8, 4) is 0 Å². The van der Waals surface area contributed by atoms with E-state index in [1.165, 1.54) is 57.8 Å². The molecule has 3 rings (SSSR count). The maximum absolute atomic E-state index is 2.47. The summed E-state index contributed by atoms with van der Waals surface area (Å²) in [6, 6.07) is 0. The van der Waals surface area contributed by atoms with Crippen molar-refractivity contribution in [1.82, 2.24) is 0 Å². The Labute approximate surface area is 169 Å². The fourth-order valence-corrected chi connectivity index (χ4v) is 15.9. The van der Waals surface area contributed by atoms with Crippen molar-refractivity contribution >= 4 is 0 Å². The average molecular weight is 462 g/mol. The molecular formula is C24H33Ce. The third kappa shape index (κ3) is 4.39. The standard InChI is InChI=1S/3C8H11.Ce/c3*1-2-5-8-6-3-4-7-8;/h3*3,6H,2,4-5H2,1H3;. The quantitative estimate of drug-likeness (QED) is 0.331. The molecular weight excluding hydrogens is 428 g/mol. The molecule has 0 radical (unpaired) electrons. The minimum atomic E-state index is -2.15. The van der Waals surface area contributed by atoms with Gasteiger partial charge in [0, 0.05) is 0 Å². The van der Waals surface area contributed by atoms with Crippen LogP contribution < -0.4 is 0 Å². The summed E-state index contributed by atoms with van der Waals surface area (Å²) in [5, 5.41) is 0. The van der Waals surface area contributed by atoms with E-state index < -0.39 is 35.5 Å². The first-order chi connectivity index (χ1) is 12.3. The van der Waals surface area contributed by atoms with Crippen LogP contribution in [0.2, 0.25) is 0 Å². The Hall–Kier alpha value is -0.183. The molecule has 0 saturated carbocycles. The third-order valence-electron chi connectivity index (χ3n) is 5.55. The van der Waals surface area contributed by atoms with Crippen LogP contribution in [0.15, 0.2) is 56.4 Å². The second-order valence-corrected chi connectivity index (χ2v) is 15.5. The number of rotatable bonds is 9. The summed E-state index contributed by atoms with van der Waals surface area (Å²) in [5.74, 6) is 0. The molecule has 0 nitrogen and oxygen atoms in total. The normalized spacial score (nSPS) is 19.3. The van der Waals surface area contributed by atoms with E-state index >= 15 is 0 Å². The monoisotopic (exact) mass is 461 g/mol. The topological polar surface area (TPSA) is 0 Å². The Morgan fingerprint density at radius 3 is 1.20 bits per heavy atom. The van der Waals surface area contributed by atoms with E-state index in [1.54, 1.807) is 16.7 Å². The van der Waals surface area contributed by atoms with Crippen molar-refractivity contribution in [2.45, 2.75) is 78.6 Å². The first-order valence-corrected chi connectivity index (χ1v) is 15.0. The van der Waals surface area contributed by atoms with Gasteiger partial charge < -0.3 is 0 Å². The first-order valence-electron chi connectivity index (χ1n) is 10.3. The molecule has 0 atom stereocenters. The molecule has 0 N–H and O–H groups in total. The van der Waals surface area contributed by atoms with Gasteiger partial charge in [-0.15, -0.1) is 0 Å². The fraction of sp³-hybridized carbons (Fsp3) is 0.500. The van der Waals surface area contributed by atoms with E-state index in [4.69, 9.17) is 0 Å². The predicted octanol–water partition coefficient (Wildman–Crippen LogP) is 7.65. The van der Waals surface area contributed by atoms with E-state index in [2.05, 4.69) is 57.2 Å². The Balaban J connectivity index is 2.06. The molecule has 0 bridgehead atoms. The molecule has 3 aliphatic rings. The summed E-state index contributed by atoms with van der Waals surface area (Å²) in [6.07, 6.45) is 26.2. The van der Waals surface area contributed by atoms with Crippen molar-refractivity contribution in [2.75, 3.05) is 0 Å². The van der Waals surface area contributed by atoms with Crippen LogP contribution in [-0.4, -0.2) is 0 Å². The van der Waals surface area contributed by atoms with E-state index in [-0.39, 0.29) is 0 Å². The molecule has 0 saturated heterocycles. The van der Waals surface area contributed by atoms with Gasteiger partial charge >= 0.3 is 170 Å². The summed E-state index contributed by atoms with van der Waals surface area (Å²) >= 11 is -2.15. The van der Waals surface area contributed by atoms with E-state index in [0.29, 0.717) is 0 Å². The average Bonchev–Trinajstić information content (AvgIpc) is 3.33. The Morgan fingerprint density at radius 1 is 0.600 bits per heavy atom. The summed E-state index contributed by atoms with van der Waals surface area (Å²) in [6.45, 7) is 7.00. The van der Waals surface area contributed by atoms with E-state index in [9.17, 15) is 0 Å². The van der Waals surface area contributed by atoms with Gasteiger partial charge in [-0.1, -0.05) is 0 Å². The van der Waals surface area contributed by atoms with Crippen molar-refractivity contribution in [3.05, 3.63) is 56.4 Å². The van der Waals surface area contributed by atoms with Crippen LogP contribution >= 0.6 is 0 Å². The van der Waals surface area contributed by atoms with Crippen molar-refractivity contribution in [2.24, 2.45) is 0 Å². The zero-order valence-electron chi connectivity index (χ0n) is 16.3. The van der Waals surface area contributed by atoms with E-state index in [1.807, 2.05) is 3.27 Å². The third-order valence-corrected chi connectivity index (χ3v) is 16.2. The summed E-state index contributed by atoms with van der Waals surface area (Å²) in [7, 11) is 0. The van der Waals surface area contributed by atoms with Crippen LogP contribution in [0, 0.1) is 35.5 Å². The zero-order chi connectivity index (χ0) is 17.6. The van der Waals surface area contributed by atoms with Crippen LogP contribution in [0.1, 0.15) is 78.6 Å². The van der Waals surface area contributed by atoms with Gasteiger partial charge in [0.2, 0.25) is 0 Å². The van der Waals surface area contributed by atoms with Gasteiger partial charge in [-0.2, -0.15) is 0 Å². The van der Waals surface area contributed by atoms with Crippen LogP contribution in [-0.2, 0) is 0 Å². The van der Waals surface area contributed by atoms with Gasteiger partial charge in [-0.25, -0.2) is 0 Å². The molecule has 0 heterocycles. The molecule has 133 valence electrons. The van der Waals surface area contributed by atoms with Gasteiger partial charge in [-0.3, -0.25) is 0 Å². The molecule has 0 fully saturated rings. The van der Waals surface area contributed by atoms with Gasteiger partial charge in [-0.05, 0) is 0 Å². The van der Waals surface area contributed by atoms with Gasteiger partial charge in [0.15, 0.2) is 0 Å². The molecule has 0 spiro atoms. The molecule has 3 aliphatic carbocycles. The Morgan fingerprint density at radius 2 is 0.920 bits per heavy atom. The van der Waals surface area contributed by atoms with Crippen LogP contribution in [0.5, 0.6) is 0 Å². The molecule has 0 aromatic carbocycles. The molecule has 0 aromatic rings. The van der Waals surface area contributed by atoms with Crippen molar-refractivity contribution in [1.29, 1.82) is 0 Å². The summed E-state index contributed by atoms with van der Waals surface area (Å²) < 4.78 is 5.77. The zero-order valence-corrected chi connectivity index (χ0v) is 19.5. The molecule has 0 aromatic heterocycles. The second-order valence-electron chi connectivity index (χ2n) is 7.46. The van der Waals surface area contributed by atoms with Gasteiger partial charge in [0.25, 0.3) is 0 Å². The van der Waals surface area contributed by atoms with Crippen molar-refractivity contribution < 1.29 is 35.5 Å². The predicted molar refractivity (Wildman–Crippen MR) is 107 cm³/mol. The number of allylic oxidation sites excluding steroid dienone is 12. The van der Waals surface area contributed by atoms with Crippen LogP contribution in [0.25, 0.3) is 0 Å². The van der Waals surface area contributed by atoms with Crippen molar-refractivity contribution in [3.63, 3.8) is 0 Å². The minimum absolute atomic E-state index is 1.25. The molecule has 1 heteroatoms. The van der Waals surface area contributed by atoms with Crippen LogP contribution in [0.4, 0.5) is 0 Å². The van der Waals surface area contributed by atoms with E-state index in [0.717, 1.165) is 0 Å². The Bertz CT molecular complexity index is 584. The first kappa shape index (κ1) is 19.6. The second kappa shape index (κ2) is 9.67. The molecule has 0 amide bonds. The molecule has 0 unspecified atom stereocenters. The SMILES string of the molecule is CCCC1=[C]([Ce]([C]2=C(CCC)C=CC2)[C]2=C(CCC)C=CC2)CC=C1. The molecule has 25 heavy (non-hydrogen) atoms. The maximum atomic E-state index is 2.47. The fourth-order valence-electron chi connectivity index (χ4n) is 4.50. The summed E-state index contributed by atoms with van der Waals surface area (Å²) in [4.78, 5) is 0. The number of hydrogen-bond acceptors (Lipinski definition) is 0.